The molecule has 2 unspecified atom stereocenters. The topological polar surface area (TPSA) is 21.3 Å². The van der Waals surface area contributed by atoms with Crippen LogP contribution in [0.1, 0.15) is 71.6 Å². The van der Waals surface area contributed by atoms with E-state index in [1.54, 1.807) is 0 Å². The summed E-state index contributed by atoms with van der Waals surface area (Å²) in [6.45, 7) is 6.75. The van der Waals surface area contributed by atoms with E-state index in [0.29, 0.717) is 12.1 Å². The molecule has 1 heterocycles. The molecule has 19 heavy (non-hydrogen) atoms. The molecular formula is C17H33NO. The molecule has 2 aliphatic rings. The summed E-state index contributed by atoms with van der Waals surface area (Å²) in [5, 5.41) is 3.82. The number of nitrogens with one attached hydrogen (secondary N) is 1. The molecule has 0 amide bonds. The first-order valence-electron chi connectivity index (χ1n) is 8.70. The van der Waals surface area contributed by atoms with Crippen LogP contribution in [0.2, 0.25) is 0 Å². The van der Waals surface area contributed by atoms with E-state index < -0.39 is 0 Å². The van der Waals surface area contributed by atoms with Gasteiger partial charge in [-0.2, -0.15) is 0 Å². The van der Waals surface area contributed by atoms with Crippen molar-refractivity contribution in [3.63, 3.8) is 0 Å². The van der Waals surface area contributed by atoms with Gasteiger partial charge in [0.25, 0.3) is 0 Å². The van der Waals surface area contributed by atoms with E-state index in [1.807, 2.05) is 0 Å². The lowest BCUT2D eigenvalue weighted by Gasteiger charge is -2.39. The fourth-order valence-electron chi connectivity index (χ4n) is 3.92. The predicted molar refractivity (Wildman–Crippen MR) is 81.4 cm³/mol. The van der Waals surface area contributed by atoms with Crippen molar-refractivity contribution in [2.45, 2.75) is 83.8 Å². The van der Waals surface area contributed by atoms with Crippen LogP contribution in [0.5, 0.6) is 0 Å². The van der Waals surface area contributed by atoms with Gasteiger partial charge in [-0.05, 0) is 56.9 Å². The second-order valence-electron chi connectivity index (χ2n) is 6.57. The minimum atomic E-state index is 0.489. The van der Waals surface area contributed by atoms with Crippen LogP contribution in [0, 0.1) is 11.8 Å². The highest BCUT2D eigenvalue weighted by molar-refractivity contribution is 4.88. The molecule has 0 spiro atoms. The number of hydrogen-bond acceptors (Lipinski definition) is 2. The summed E-state index contributed by atoms with van der Waals surface area (Å²) in [7, 11) is 0. The maximum atomic E-state index is 6.08. The Bertz CT molecular complexity index is 229. The van der Waals surface area contributed by atoms with E-state index in [9.17, 15) is 0 Å². The van der Waals surface area contributed by atoms with Gasteiger partial charge in [-0.1, -0.05) is 33.1 Å². The lowest BCUT2D eigenvalue weighted by atomic mass is 9.75. The van der Waals surface area contributed by atoms with Crippen molar-refractivity contribution in [2.24, 2.45) is 11.8 Å². The van der Waals surface area contributed by atoms with Crippen LogP contribution in [0.3, 0.4) is 0 Å². The largest absolute Gasteiger partial charge is 0.377 e. The van der Waals surface area contributed by atoms with Gasteiger partial charge in [0.2, 0.25) is 0 Å². The van der Waals surface area contributed by atoms with Crippen molar-refractivity contribution < 1.29 is 4.74 Å². The first kappa shape index (κ1) is 15.3. The number of ether oxygens (including phenoxy) is 1. The molecule has 0 aromatic heterocycles. The van der Waals surface area contributed by atoms with Crippen LogP contribution in [-0.4, -0.2) is 25.3 Å². The van der Waals surface area contributed by atoms with Gasteiger partial charge in [0, 0.05) is 12.6 Å². The predicted octanol–water partition coefficient (Wildman–Crippen LogP) is 4.14. The van der Waals surface area contributed by atoms with Crippen molar-refractivity contribution in [3.8, 4) is 0 Å². The summed E-state index contributed by atoms with van der Waals surface area (Å²) >= 11 is 0. The van der Waals surface area contributed by atoms with E-state index in [4.69, 9.17) is 4.74 Å². The molecule has 1 saturated carbocycles. The van der Waals surface area contributed by atoms with Crippen LogP contribution in [0.25, 0.3) is 0 Å². The maximum absolute atomic E-state index is 6.08. The minimum absolute atomic E-state index is 0.489. The molecule has 2 atom stereocenters. The van der Waals surface area contributed by atoms with Gasteiger partial charge in [-0.3, -0.25) is 0 Å². The van der Waals surface area contributed by atoms with Crippen molar-refractivity contribution >= 4 is 0 Å². The smallest absolute Gasteiger partial charge is 0.0730 e. The molecule has 1 saturated heterocycles. The summed E-state index contributed by atoms with van der Waals surface area (Å²) in [6.07, 6.45) is 12.7. The molecule has 1 aliphatic heterocycles. The molecule has 2 nitrogen and oxygen atoms in total. The van der Waals surface area contributed by atoms with Gasteiger partial charge in [0.15, 0.2) is 0 Å². The Hall–Kier alpha value is -0.0800. The molecule has 0 radical (unpaired) electrons. The standard InChI is InChI=1S/C17H33NO/c1-3-12-18-17(16-7-5-6-13-19-16)15-10-8-14(4-2)9-11-15/h14-18H,3-13H2,1-2H3. The first-order chi connectivity index (χ1) is 9.35. The van der Waals surface area contributed by atoms with E-state index in [1.165, 1.54) is 57.8 Å². The van der Waals surface area contributed by atoms with Crippen molar-refractivity contribution in [3.05, 3.63) is 0 Å². The Labute approximate surface area is 119 Å². The normalized spacial score (nSPS) is 34.1. The molecule has 1 N–H and O–H groups in total. The first-order valence-corrected chi connectivity index (χ1v) is 8.70. The molecule has 2 rings (SSSR count). The molecule has 2 heteroatoms. The Morgan fingerprint density at radius 2 is 1.84 bits per heavy atom. The van der Waals surface area contributed by atoms with Crippen LogP contribution >= 0.6 is 0 Å². The summed E-state index contributed by atoms with van der Waals surface area (Å²) in [4.78, 5) is 0. The highest BCUT2D eigenvalue weighted by Crippen LogP contribution is 2.35. The Balaban J connectivity index is 1.88. The second kappa shape index (κ2) is 8.26. The van der Waals surface area contributed by atoms with Crippen molar-refractivity contribution in [1.29, 1.82) is 0 Å². The highest BCUT2D eigenvalue weighted by atomic mass is 16.5. The Kier molecular flexibility index (Phi) is 6.66. The fraction of sp³-hybridized carbons (Fsp3) is 1.00. The van der Waals surface area contributed by atoms with E-state index in [2.05, 4.69) is 19.2 Å². The van der Waals surface area contributed by atoms with Gasteiger partial charge >= 0.3 is 0 Å². The highest BCUT2D eigenvalue weighted by Gasteiger charge is 2.33. The van der Waals surface area contributed by atoms with Gasteiger partial charge in [-0.25, -0.2) is 0 Å². The maximum Gasteiger partial charge on any atom is 0.0730 e. The van der Waals surface area contributed by atoms with Crippen LogP contribution in [0.4, 0.5) is 0 Å². The average molecular weight is 267 g/mol. The third kappa shape index (κ3) is 4.46. The third-order valence-corrected chi connectivity index (χ3v) is 5.22. The molecule has 112 valence electrons. The quantitative estimate of drug-likeness (QED) is 0.781. The summed E-state index contributed by atoms with van der Waals surface area (Å²) in [5.41, 5.74) is 0. The lowest BCUT2D eigenvalue weighted by Crippen LogP contribution is -2.49. The van der Waals surface area contributed by atoms with Crippen LogP contribution in [0.15, 0.2) is 0 Å². The van der Waals surface area contributed by atoms with E-state index in [0.717, 1.165) is 25.0 Å². The molecular weight excluding hydrogens is 234 g/mol. The van der Waals surface area contributed by atoms with Crippen molar-refractivity contribution in [2.75, 3.05) is 13.2 Å². The van der Waals surface area contributed by atoms with Gasteiger partial charge in [0.05, 0.1) is 6.10 Å². The Morgan fingerprint density at radius 1 is 1.05 bits per heavy atom. The lowest BCUT2D eigenvalue weighted by molar-refractivity contribution is -0.0269. The minimum Gasteiger partial charge on any atom is -0.377 e. The van der Waals surface area contributed by atoms with Gasteiger partial charge < -0.3 is 10.1 Å². The van der Waals surface area contributed by atoms with Gasteiger partial charge in [0.1, 0.15) is 0 Å². The molecule has 2 fully saturated rings. The summed E-state index contributed by atoms with van der Waals surface area (Å²) in [6, 6.07) is 0.623. The van der Waals surface area contributed by atoms with Crippen molar-refractivity contribution in [1.82, 2.24) is 5.32 Å². The Morgan fingerprint density at radius 3 is 2.42 bits per heavy atom. The monoisotopic (exact) mass is 267 g/mol. The molecule has 0 aromatic rings. The number of hydrogen-bond donors (Lipinski definition) is 1. The third-order valence-electron chi connectivity index (χ3n) is 5.22. The number of rotatable bonds is 6. The van der Waals surface area contributed by atoms with Crippen LogP contribution in [-0.2, 0) is 4.74 Å². The zero-order valence-corrected chi connectivity index (χ0v) is 13.0. The van der Waals surface area contributed by atoms with E-state index in [-0.39, 0.29) is 0 Å². The second-order valence-corrected chi connectivity index (χ2v) is 6.57. The molecule has 0 bridgehead atoms. The summed E-state index contributed by atoms with van der Waals surface area (Å²) in [5.74, 6) is 1.85. The average Bonchev–Trinajstić information content (AvgIpc) is 2.49. The van der Waals surface area contributed by atoms with E-state index >= 15 is 0 Å². The zero-order chi connectivity index (χ0) is 13.5. The zero-order valence-electron chi connectivity index (χ0n) is 13.0. The molecule has 0 aromatic carbocycles. The molecule has 1 aliphatic carbocycles. The van der Waals surface area contributed by atoms with Gasteiger partial charge in [-0.15, -0.1) is 0 Å². The fourth-order valence-corrected chi connectivity index (χ4v) is 3.92. The van der Waals surface area contributed by atoms with Crippen LogP contribution < -0.4 is 5.32 Å². The SMILES string of the molecule is CCCNC(C1CCC(CC)CC1)C1CCCCO1. The summed E-state index contributed by atoms with van der Waals surface area (Å²) < 4.78 is 6.08.